The molecule has 0 aliphatic carbocycles. The van der Waals surface area contributed by atoms with Crippen LogP contribution in [0.1, 0.15) is 12.0 Å². The lowest BCUT2D eigenvalue weighted by Gasteiger charge is -2.35. The summed E-state index contributed by atoms with van der Waals surface area (Å²) in [5.74, 6) is 0.688. The molecule has 4 rings (SSSR count). The second-order valence-electron chi connectivity index (χ2n) is 7.51. The van der Waals surface area contributed by atoms with Gasteiger partial charge in [0.25, 0.3) is 5.91 Å². The number of aryl methyl sites for hydroxylation is 1. The molecule has 0 bridgehead atoms. The fraction of sp³-hybridized carbons (Fsp3) is 0.364. The Hall–Kier alpha value is -2.86. The highest BCUT2D eigenvalue weighted by Crippen LogP contribution is 2.23. The molecular formula is C22H26N3O3+. The van der Waals surface area contributed by atoms with E-state index in [0.29, 0.717) is 12.1 Å². The smallest absolute Gasteiger partial charge is 0.292 e. The number of carbonyl (C=O) groups is 2. The van der Waals surface area contributed by atoms with E-state index in [1.807, 2.05) is 43.3 Å². The van der Waals surface area contributed by atoms with Crippen LogP contribution in [0.25, 0.3) is 0 Å². The van der Waals surface area contributed by atoms with E-state index in [1.165, 1.54) is 9.80 Å². The van der Waals surface area contributed by atoms with Crippen molar-refractivity contribution >= 4 is 23.2 Å². The average molecular weight is 380 g/mol. The third kappa shape index (κ3) is 3.47. The SMILES string of the molecule is COc1ccc(N2CC[NH+]([C@H]3CC(=O)N(c4cccc(C)c4)C3=O)CC2)cc1. The van der Waals surface area contributed by atoms with Gasteiger partial charge in [0, 0.05) is 5.69 Å². The van der Waals surface area contributed by atoms with E-state index in [0.717, 1.165) is 43.2 Å². The molecule has 2 fully saturated rings. The minimum absolute atomic E-state index is 0.0662. The number of nitrogens with one attached hydrogen (secondary N) is 1. The average Bonchev–Trinajstić information content (AvgIpc) is 3.02. The molecule has 2 saturated heterocycles. The molecule has 2 aromatic carbocycles. The first-order chi connectivity index (χ1) is 13.6. The van der Waals surface area contributed by atoms with Crippen LogP contribution in [0.15, 0.2) is 48.5 Å². The minimum Gasteiger partial charge on any atom is -0.497 e. The Morgan fingerprint density at radius 3 is 2.36 bits per heavy atom. The quantitative estimate of drug-likeness (QED) is 0.806. The summed E-state index contributed by atoms with van der Waals surface area (Å²) in [4.78, 5) is 30.5. The number of imide groups is 1. The standard InChI is InChI=1S/C22H25N3O3/c1-16-4-3-5-18(14-16)25-21(26)15-20(22(25)27)24-12-10-23(11-13-24)17-6-8-19(28-2)9-7-17/h3-9,14,20H,10-13,15H2,1-2H3/p+1/t20-/m0/s1. The maximum Gasteiger partial charge on any atom is 0.292 e. The van der Waals surface area contributed by atoms with Gasteiger partial charge in [-0.25, -0.2) is 4.90 Å². The van der Waals surface area contributed by atoms with Crippen molar-refractivity contribution < 1.29 is 19.2 Å². The lowest BCUT2D eigenvalue weighted by atomic mass is 10.1. The minimum atomic E-state index is -0.272. The predicted octanol–water partition coefficient (Wildman–Crippen LogP) is 1.04. The number of hydrogen-bond acceptors (Lipinski definition) is 4. The summed E-state index contributed by atoms with van der Waals surface area (Å²) in [5.41, 5.74) is 2.89. The van der Waals surface area contributed by atoms with Crippen molar-refractivity contribution in [2.75, 3.05) is 43.1 Å². The number of benzene rings is 2. The summed E-state index contributed by atoms with van der Waals surface area (Å²) in [6.45, 7) is 5.39. The van der Waals surface area contributed by atoms with Gasteiger partial charge in [-0.1, -0.05) is 12.1 Å². The molecule has 0 unspecified atom stereocenters. The van der Waals surface area contributed by atoms with Gasteiger partial charge in [0.1, 0.15) is 5.75 Å². The first-order valence-electron chi connectivity index (χ1n) is 9.74. The van der Waals surface area contributed by atoms with Crippen LogP contribution >= 0.6 is 0 Å². The zero-order valence-electron chi connectivity index (χ0n) is 16.4. The lowest BCUT2D eigenvalue weighted by Crippen LogP contribution is -3.19. The molecule has 28 heavy (non-hydrogen) atoms. The number of hydrogen-bond donors (Lipinski definition) is 1. The molecule has 6 nitrogen and oxygen atoms in total. The number of anilines is 2. The normalized spacial score (nSPS) is 20.7. The Balaban J connectivity index is 1.42. The highest BCUT2D eigenvalue weighted by Gasteiger charge is 2.46. The first kappa shape index (κ1) is 18.5. The zero-order valence-corrected chi connectivity index (χ0v) is 16.4. The number of methoxy groups -OCH3 is 1. The fourth-order valence-electron chi connectivity index (χ4n) is 4.18. The summed E-state index contributed by atoms with van der Waals surface area (Å²) in [7, 11) is 1.66. The molecule has 0 radical (unpaired) electrons. The van der Waals surface area contributed by atoms with E-state index in [9.17, 15) is 9.59 Å². The summed E-state index contributed by atoms with van der Waals surface area (Å²) in [5, 5.41) is 0. The van der Waals surface area contributed by atoms with E-state index < -0.39 is 0 Å². The Morgan fingerprint density at radius 1 is 1.00 bits per heavy atom. The Bertz CT molecular complexity index is 873. The molecule has 0 aromatic heterocycles. The predicted molar refractivity (Wildman–Crippen MR) is 108 cm³/mol. The monoisotopic (exact) mass is 380 g/mol. The number of ether oxygens (including phenoxy) is 1. The van der Waals surface area contributed by atoms with Crippen molar-refractivity contribution in [3.05, 3.63) is 54.1 Å². The summed E-state index contributed by atoms with van der Waals surface area (Å²) >= 11 is 0. The van der Waals surface area contributed by atoms with Crippen LogP contribution in [-0.4, -0.2) is 51.1 Å². The third-order valence-corrected chi connectivity index (χ3v) is 5.74. The van der Waals surface area contributed by atoms with Crippen LogP contribution in [0.2, 0.25) is 0 Å². The van der Waals surface area contributed by atoms with Gasteiger partial charge >= 0.3 is 0 Å². The second kappa shape index (κ2) is 7.64. The van der Waals surface area contributed by atoms with E-state index in [-0.39, 0.29) is 17.9 Å². The van der Waals surface area contributed by atoms with Gasteiger partial charge in [0.2, 0.25) is 5.91 Å². The summed E-state index contributed by atoms with van der Waals surface area (Å²) in [6, 6.07) is 15.4. The molecular weight excluding hydrogens is 354 g/mol. The molecule has 0 saturated carbocycles. The second-order valence-corrected chi connectivity index (χ2v) is 7.51. The number of nitrogens with zero attached hydrogens (tertiary/aromatic N) is 2. The van der Waals surface area contributed by atoms with Gasteiger partial charge < -0.3 is 14.5 Å². The van der Waals surface area contributed by atoms with Crippen LogP contribution in [-0.2, 0) is 9.59 Å². The van der Waals surface area contributed by atoms with E-state index in [4.69, 9.17) is 4.74 Å². The van der Waals surface area contributed by atoms with Crippen LogP contribution in [0.4, 0.5) is 11.4 Å². The van der Waals surface area contributed by atoms with Crippen LogP contribution in [0.3, 0.4) is 0 Å². The van der Waals surface area contributed by atoms with Gasteiger partial charge in [-0.3, -0.25) is 9.59 Å². The molecule has 2 amide bonds. The summed E-state index contributed by atoms with van der Waals surface area (Å²) in [6.07, 6.45) is 0.296. The number of carbonyl (C=O) groups excluding carboxylic acids is 2. The van der Waals surface area contributed by atoms with Gasteiger partial charge in [0.05, 0.1) is 45.4 Å². The van der Waals surface area contributed by atoms with E-state index in [1.54, 1.807) is 7.11 Å². The number of rotatable bonds is 4. The van der Waals surface area contributed by atoms with E-state index >= 15 is 0 Å². The molecule has 2 heterocycles. The van der Waals surface area contributed by atoms with Gasteiger partial charge in [0.15, 0.2) is 6.04 Å². The summed E-state index contributed by atoms with van der Waals surface area (Å²) < 4.78 is 5.22. The van der Waals surface area contributed by atoms with Crippen molar-refractivity contribution in [2.24, 2.45) is 0 Å². The molecule has 146 valence electrons. The zero-order chi connectivity index (χ0) is 19.7. The van der Waals surface area contributed by atoms with Gasteiger partial charge in [-0.05, 0) is 48.9 Å². The molecule has 1 N–H and O–H groups in total. The van der Waals surface area contributed by atoms with E-state index in [2.05, 4.69) is 17.0 Å². The third-order valence-electron chi connectivity index (χ3n) is 5.74. The fourth-order valence-corrected chi connectivity index (χ4v) is 4.18. The number of piperazine rings is 1. The molecule has 2 aliphatic heterocycles. The van der Waals surface area contributed by atoms with Crippen molar-refractivity contribution in [3.63, 3.8) is 0 Å². The molecule has 6 heteroatoms. The van der Waals surface area contributed by atoms with Crippen LogP contribution < -0.4 is 19.4 Å². The maximum atomic E-state index is 13.0. The maximum absolute atomic E-state index is 13.0. The van der Waals surface area contributed by atoms with Crippen LogP contribution in [0, 0.1) is 6.92 Å². The molecule has 2 aromatic rings. The number of amides is 2. The Labute approximate surface area is 165 Å². The number of quaternary nitrogens is 1. The first-order valence-corrected chi connectivity index (χ1v) is 9.74. The van der Waals surface area contributed by atoms with Crippen molar-refractivity contribution in [1.29, 1.82) is 0 Å². The lowest BCUT2D eigenvalue weighted by molar-refractivity contribution is -0.915. The Kier molecular flexibility index (Phi) is 5.05. The van der Waals surface area contributed by atoms with Gasteiger partial charge in [-0.2, -0.15) is 0 Å². The Morgan fingerprint density at radius 2 is 1.71 bits per heavy atom. The largest absolute Gasteiger partial charge is 0.497 e. The van der Waals surface area contributed by atoms with Gasteiger partial charge in [-0.15, -0.1) is 0 Å². The molecule has 0 spiro atoms. The van der Waals surface area contributed by atoms with Crippen LogP contribution in [0.5, 0.6) is 5.75 Å². The highest BCUT2D eigenvalue weighted by molar-refractivity contribution is 6.21. The van der Waals surface area contributed by atoms with Crippen molar-refractivity contribution in [2.45, 2.75) is 19.4 Å². The molecule has 2 aliphatic rings. The highest BCUT2D eigenvalue weighted by atomic mass is 16.5. The van der Waals surface area contributed by atoms with Crippen molar-refractivity contribution in [1.82, 2.24) is 0 Å². The van der Waals surface area contributed by atoms with Crippen molar-refractivity contribution in [3.8, 4) is 5.75 Å². The topological polar surface area (TPSA) is 54.3 Å². The molecule has 1 atom stereocenters.